The van der Waals surface area contributed by atoms with E-state index in [9.17, 15) is 13.2 Å². The van der Waals surface area contributed by atoms with E-state index < -0.39 is 16.1 Å². The molecule has 0 saturated carbocycles. The summed E-state index contributed by atoms with van der Waals surface area (Å²) < 4.78 is 33.9. The number of nitrogens with zero attached hydrogens (tertiary/aromatic N) is 4. The van der Waals surface area contributed by atoms with Gasteiger partial charge in [0, 0.05) is 36.2 Å². The van der Waals surface area contributed by atoms with Gasteiger partial charge in [0.1, 0.15) is 11.6 Å². The highest BCUT2D eigenvalue weighted by molar-refractivity contribution is 7.89. The van der Waals surface area contributed by atoms with Crippen LogP contribution < -0.4 is 0 Å². The first-order valence-corrected chi connectivity index (χ1v) is 14.4. The van der Waals surface area contributed by atoms with Gasteiger partial charge >= 0.3 is 0 Å². The monoisotopic (exact) mass is 532 g/mol. The van der Waals surface area contributed by atoms with Crippen molar-refractivity contribution in [1.82, 2.24) is 19.2 Å². The summed E-state index contributed by atoms with van der Waals surface area (Å²) in [4.78, 5) is 24.6. The number of amides is 1. The largest absolute Gasteiger partial charge is 0.464 e. The molecule has 186 valence electrons. The third-order valence-electron chi connectivity index (χ3n) is 5.63. The van der Waals surface area contributed by atoms with Crippen LogP contribution in [-0.2, 0) is 27.8 Å². The Bertz CT molecular complexity index is 1390. The Morgan fingerprint density at radius 2 is 1.97 bits per heavy atom. The quantitative estimate of drug-likeness (QED) is 0.297. The first-order chi connectivity index (χ1) is 16.6. The van der Waals surface area contributed by atoms with Crippen molar-refractivity contribution >= 4 is 49.6 Å². The minimum absolute atomic E-state index is 0.107. The smallest absolute Gasteiger partial charge is 0.243 e. The fourth-order valence-electron chi connectivity index (χ4n) is 3.91. The molecule has 0 fully saturated rings. The molecule has 4 rings (SSSR count). The number of hydrogen-bond acceptors (Lipinski definition) is 8. The highest BCUT2D eigenvalue weighted by atomic mass is 32.2. The Kier molecular flexibility index (Phi) is 7.70. The van der Waals surface area contributed by atoms with Gasteiger partial charge in [0.15, 0.2) is 0 Å². The third-order valence-corrected chi connectivity index (χ3v) is 8.95. The van der Waals surface area contributed by atoms with E-state index in [4.69, 9.17) is 4.42 Å². The Hall–Kier alpha value is -2.60. The van der Waals surface area contributed by atoms with Gasteiger partial charge in [0.05, 0.1) is 39.6 Å². The van der Waals surface area contributed by atoms with Crippen LogP contribution in [0.2, 0.25) is 0 Å². The van der Waals surface area contributed by atoms with Crippen molar-refractivity contribution in [3.05, 3.63) is 63.2 Å². The van der Waals surface area contributed by atoms with Gasteiger partial charge < -0.3 is 9.32 Å². The van der Waals surface area contributed by atoms with Crippen LogP contribution >= 0.6 is 22.7 Å². The number of thiazole rings is 2. The predicted molar refractivity (Wildman–Crippen MR) is 138 cm³/mol. The zero-order valence-corrected chi connectivity index (χ0v) is 22.5. The number of benzene rings is 1. The summed E-state index contributed by atoms with van der Waals surface area (Å²) in [5.74, 6) is -0.0724. The van der Waals surface area contributed by atoms with Gasteiger partial charge in [-0.3, -0.25) is 4.79 Å². The fraction of sp³-hybridized carbons (Fsp3) is 0.375. The van der Waals surface area contributed by atoms with E-state index in [-0.39, 0.29) is 23.1 Å². The van der Waals surface area contributed by atoms with Gasteiger partial charge in [0.25, 0.3) is 0 Å². The minimum atomic E-state index is -3.98. The second-order valence-corrected chi connectivity index (χ2v) is 12.6. The summed E-state index contributed by atoms with van der Waals surface area (Å²) in [5, 5.41) is 5.38. The van der Waals surface area contributed by atoms with E-state index in [1.54, 1.807) is 28.6 Å². The van der Waals surface area contributed by atoms with Gasteiger partial charge in [-0.05, 0) is 37.1 Å². The standard InChI is InChI=1S/C24H28N4O4S3/c1-16(2)11-28(12-20-14-34-17(3)26-20)24(29)22(10-19-13-33-15-25-19)27(4)35(30,31)21-5-6-23-18(9-21)7-8-32-23/h5-9,13-16,22H,10-12H2,1-4H3/t22-/m0/s1. The molecule has 0 N–H and O–H groups in total. The molecule has 11 heteroatoms. The molecule has 1 aromatic carbocycles. The van der Waals surface area contributed by atoms with E-state index in [2.05, 4.69) is 9.97 Å². The molecule has 0 radical (unpaired) electrons. The molecular formula is C24H28N4O4S3. The van der Waals surface area contributed by atoms with Crippen molar-refractivity contribution in [3.8, 4) is 0 Å². The lowest BCUT2D eigenvalue weighted by atomic mass is 10.1. The van der Waals surface area contributed by atoms with Crippen molar-refractivity contribution in [3.63, 3.8) is 0 Å². The molecule has 4 aromatic rings. The van der Waals surface area contributed by atoms with Crippen LogP contribution in [0.25, 0.3) is 11.0 Å². The predicted octanol–water partition coefficient (Wildman–Crippen LogP) is 4.57. The summed E-state index contributed by atoms with van der Waals surface area (Å²) in [6.45, 7) is 6.79. The van der Waals surface area contributed by atoms with Crippen molar-refractivity contribution in [2.45, 2.75) is 44.7 Å². The molecule has 8 nitrogen and oxygen atoms in total. The first-order valence-electron chi connectivity index (χ1n) is 11.2. The number of rotatable bonds is 10. The van der Waals surface area contributed by atoms with E-state index in [0.29, 0.717) is 29.8 Å². The van der Waals surface area contributed by atoms with E-state index in [1.165, 1.54) is 46.4 Å². The zero-order chi connectivity index (χ0) is 25.2. The molecule has 0 bridgehead atoms. The van der Waals surface area contributed by atoms with Gasteiger partial charge in [0.2, 0.25) is 15.9 Å². The molecule has 0 aliphatic heterocycles. The van der Waals surface area contributed by atoms with Crippen molar-refractivity contribution in [2.24, 2.45) is 5.92 Å². The van der Waals surface area contributed by atoms with Crippen LogP contribution in [0.3, 0.4) is 0 Å². The molecule has 0 aliphatic rings. The summed E-state index contributed by atoms with van der Waals surface area (Å²) in [7, 11) is -2.52. The van der Waals surface area contributed by atoms with Gasteiger partial charge in [-0.15, -0.1) is 22.7 Å². The number of aryl methyl sites for hydroxylation is 1. The van der Waals surface area contributed by atoms with Gasteiger partial charge in [-0.2, -0.15) is 4.31 Å². The Morgan fingerprint density at radius 3 is 2.63 bits per heavy atom. The second kappa shape index (κ2) is 10.6. The minimum Gasteiger partial charge on any atom is -0.464 e. The lowest BCUT2D eigenvalue weighted by Gasteiger charge is -2.32. The second-order valence-electron chi connectivity index (χ2n) is 8.81. The Morgan fingerprint density at radius 1 is 1.17 bits per heavy atom. The topological polar surface area (TPSA) is 96.6 Å². The van der Waals surface area contributed by atoms with Crippen molar-refractivity contribution in [2.75, 3.05) is 13.6 Å². The SMILES string of the molecule is Cc1nc(CN(CC(C)C)C(=O)[C@H](Cc2cscn2)N(C)S(=O)(=O)c2ccc3occc3c2)cs1. The zero-order valence-electron chi connectivity index (χ0n) is 20.0. The van der Waals surface area contributed by atoms with Crippen LogP contribution in [0.5, 0.6) is 0 Å². The number of hydrogen-bond donors (Lipinski definition) is 0. The van der Waals surface area contributed by atoms with Gasteiger partial charge in [-0.1, -0.05) is 13.8 Å². The van der Waals surface area contributed by atoms with Crippen molar-refractivity contribution in [1.29, 1.82) is 0 Å². The highest BCUT2D eigenvalue weighted by Crippen LogP contribution is 2.25. The maximum absolute atomic E-state index is 14.0. The molecule has 3 aromatic heterocycles. The number of likely N-dealkylation sites (N-methyl/N-ethyl adjacent to an activating group) is 1. The van der Waals surface area contributed by atoms with Crippen LogP contribution in [0.1, 0.15) is 30.2 Å². The summed E-state index contributed by atoms with van der Waals surface area (Å²) in [5.41, 5.74) is 3.75. The first kappa shape index (κ1) is 25.5. The number of aromatic nitrogens is 2. The summed E-state index contributed by atoms with van der Waals surface area (Å²) in [6, 6.07) is 5.46. The average molecular weight is 533 g/mol. The van der Waals surface area contributed by atoms with Crippen molar-refractivity contribution < 1.29 is 17.6 Å². The maximum atomic E-state index is 14.0. The average Bonchev–Trinajstić information content (AvgIpc) is 3.57. The molecule has 3 heterocycles. The molecule has 0 unspecified atom stereocenters. The number of carbonyl (C=O) groups excluding carboxylic acids is 1. The fourth-order valence-corrected chi connectivity index (χ4v) is 6.43. The molecule has 0 spiro atoms. The maximum Gasteiger partial charge on any atom is 0.243 e. The third kappa shape index (κ3) is 5.80. The van der Waals surface area contributed by atoms with Crippen LogP contribution in [0, 0.1) is 12.8 Å². The number of fused-ring (bicyclic) bond motifs is 1. The molecule has 0 saturated heterocycles. The van der Waals surface area contributed by atoms with E-state index >= 15 is 0 Å². The Balaban J connectivity index is 1.69. The summed E-state index contributed by atoms with van der Waals surface area (Å²) in [6.07, 6.45) is 1.69. The number of furan rings is 1. The summed E-state index contributed by atoms with van der Waals surface area (Å²) >= 11 is 2.94. The number of carbonyl (C=O) groups is 1. The lowest BCUT2D eigenvalue weighted by molar-refractivity contribution is -0.136. The lowest BCUT2D eigenvalue weighted by Crippen LogP contribution is -2.51. The number of sulfonamides is 1. The van der Waals surface area contributed by atoms with Gasteiger partial charge in [-0.25, -0.2) is 18.4 Å². The molecule has 1 amide bonds. The molecular weight excluding hydrogens is 504 g/mol. The van der Waals surface area contributed by atoms with Crippen LogP contribution in [0.15, 0.2) is 56.1 Å². The Labute approximate surface area is 213 Å². The van der Waals surface area contributed by atoms with Crippen LogP contribution in [0.4, 0.5) is 0 Å². The molecule has 1 atom stereocenters. The molecule has 35 heavy (non-hydrogen) atoms. The highest BCUT2D eigenvalue weighted by Gasteiger charge is 2.36. The van der Waals surface area contributed by atoms with Crippen LogP contribution in [-0.4, -0.2) is 53.1 Å². The van der Waals surface area contributed by atoms with E-state index in [1.807, 2.05) is 31.5 Å². The normalized spacial score (nSPS) is 13.1. The van der Waals surface area contributed by atoms with E-state index in [0.717, 1.165) is 10.7 Å². The molecule has 0 aliphatic carbocycles.